The molecule has 0 bridgehead atoms. The molecule has 0 radical (unpaired) electrons. The molecule has 0 aliphatic carbocycles. The lowest BCUT2D eigenvalue weighted by Gasteiger charge is -2.36. The van der Waals surface area contributed by atoms with Gasteiger partial charge < -0.3 is 20.1 Å². The third-order valence-corrected chi connectivity index (χ3v) is 3.24. The minimum atomic E-state index is -0.288. The second kappa shape index (κ2) is 6.04. The maximum atomic E-state index is 12.4. The predicted octanol–water partition coefficient (Wildman–Crippen LogP) is 0.950. The van der Waals surface area contributed by atoms with Crippen LogP contribution in [0.5, 0.6) is 0 Å². The summed E-state index contributed by atoms with van der Waals surface area (Å²) >= 11 is 0. The molecule has 1 aliphatic rings. The molecule has 2 rings (SSSR count). The van der Waals surface area contributed by atoms with E-state index in [9.17, 15) is 9.90 Å². The molecule has 1 aliphatic heterocycles. The second-order valence-corrected chi connectivity index (χ2v) is 4.79. The zero-order valence-electron chi connectivity index (χ0n) is 11.3. The van der Waals surface area contributed by atoms with Crippen molar-refractivity contribution in [3.63, 3.8) is 0 Å². The van der Waals surface area contributed by atoms with Crippen molar-refractivity contribution < 1.29 is 14.6 Å². The fourth-order valence-corrected chi connectivity index (χ4v) is 2.27. The van der Waals surface area contributed by atoms with Crippen LogP contribution in [0, 0.1) is 0 Å². The van der Waals surface area contributed by atoms with Crippen LogP contribution in [-0.4, -0.2) is 54.9 Å². The molecule has 0 saturated carbocycles. The number of hydrogen-bond donors (Lipinski definition) is 2. The number of rotatable bonds is 3. The maximum absolute atomic E-state index is 12.4. The summed E-state index contributed by atoms with van der Waals surface area (Å²) in [5.41, 5.74) is 1.63. The number of amides is 1. The van der Waals surface area contributed by atoms with Crippen LogP contribution in [0.4, 0.5) is 5.69 Å². The molecule has 1 saturated heterocycles. The van der Waals surface area contributed by atoms with E-state index in [1.54, 1.807) is 4.90 Å². The number of nitrogens with one attached hydrogen (secondary N) is 1. The van der Waals surface area contributed by atoms with E-state index in [4.69, 9.17) is 4.74 Å². The van der Waals surface area contributed by atoms with Crippen LogP contribution < -0.4 is 5.32 Å². The van der Waals surface area contributed by atoms with Crippen molar-refractivity contribution in [2.45, 2.75) is 19.1 Å². The Morgan fingerprint density at radius 2 is 2.11 bits per heavy atom. The van der Waals surface area contributed by atoms with Gasteiger partial charge in [0.05, 0.1) is 18.8 Å². The van der Waals surface area contributed by atoms with E-state index in [0.29, 0.717) is 18.7 Å². The quantitative estimate of drug-likeness (QED) is 0.853. The summed E-state index contributed by atoms with van der Waals surface area (Å²) in [6, 6.07) is 7.37. The standard InChI is InChI=1S/C14H20N2O3/c1-10-7-16(8-13(9-17)19-10)14(18)11-3-5-12(15-2)6-4-11/h3-6,10,13,15,17H,7-9H2,1-2H3. The number of carbonyl (C=O) groups is 1. The largest absolute Gasteiger partial charge is 0.394 e. The Kier molecular flexibility index (Phi) is 4.39. The van der Waals surface area contributed by atoms with Gasteiger partial charge in [0.1, 0.15) is 0 Å². The molecule has 1 heterocycles. The molecule has 2 N–H and O–H groups in total. The number of benzene rings is 1. The molecule has 19 heavy (non-hydrogen) atoms. The van der Waals surface area contributed by atoms with Crippen LogP contribution in [0.1, 0.15) is 17.3 Å². The molecule has 0 spiro atoms. The first-order valence-corrected chi connectivity index (χ1v) is 6.47. The predicted molar refractivity (Wildman–Crippen MR) is 73.3 cm³/mol. The zero-order valence-corrected chi connectivity index (χ0v) is 11.3. The lowest BCUT2D eigenvalue weighted by Crippen LogP contribution is -2.50. The molecule has 1 amide bonds. The van der Waals surface area contributed by atoms with Crippen molar-refractivity contribution in [3.05, 3.63) is 29.8 Å². The van der Waals surface area contributed by atoms with E-state index in [1.807, 2.05) is 38.2 Å². The minimum Gasteiger partial charge on any atom is -0.394 e. The molecular weight excluding hydrogens is 244 g/mol. The van der Waals surface area contributed by atoms with Gasteiger partial charge in [0.2, 0.25) is 0 Å². The van der Waals surface area contributed by atoms with Crippen molar-refractivity contribution in [1.82, 2.24) is 4.90 Å². The Morgan fingerprint density at radius 1 is 1.42 bits per heavy atom. The van der Waals surface area contributed by atoms with Crippen LogP contribution >= 0.6 is 0 Å². The molecule has 5 nitrogen and oxygen atoms in total. The fourth-order valence-electron chi connectivity index (χ4n) is 2.27. The van der Waals surface area contributed by atoms with Crippen molar-refractivity contribution in [1.29, 1.82) is 0 Å². The fraction of sp³-hybridized carbons (Fsp3) is 0.500. The minimum absolute atomic E-state index is 0.0174. The molecule has 1 aromatic rings. The number of aliphatic hydroxyl groups is 1. The highest BCUT2D eigenvalue weighted by molar-refractivity contribution is 5.94. The van der Waals surface area contributed by atoms with Crippen LogP contribution in [0.15, 0.2) is 24.3 Å². The third kappa shape index (κ3) is 3.24. The van der Waals surface area contributed by atoms with Crippen molar-refractivity contribution in [3.8, 4) is 0 Å². The van der Waals surface area contributed by atoms with E-state index in [-0.39, 0.29) is 24.7 Å². The van der Waals surface area contributed by atoms with Gasteiger partial charge >= 0.3 is 0 Å². The number of hydrogen-bond acceptors (Lipinski definition) is 4. The van der Waals surface area contributed by atoms with Crippen molar-refractivity contribution in [2.75, 3.05) is 32.1 Å². The number of carbonyl (C=O) groups excluding carboxylic acids is 1. The van der Waals surface area contributed by atoms with Gasteiger partial charge in [0.15, 0.2) is 0 Å². The Bertz CT molecular complexity index is 433. The summed E-state index contributed by atoms with van der Waals surface area (Å²) < 4.78 is 5.53. The highest BCUT2D eigenvalue weighted by Gasteiger charge is 2.28. The molecule has 2 atom stereocenters. The van der Waals surface area contributed by atoms with Gasteiger partial charge in [-0.3, -0.25) is 4.79 Å². The number of anilines is 1. The Labute approximate surface area is 113 Å². The number of aliphatic hydroxyl groups excluding tert-OH is 1. The summed E-state index contributed by atoms with van der Waals surface area (Å²) in [6.07, 6.45) is -0.337. The topological polar surface area (TPSA) is 61.8 Å². The van der Waals surface area contributed by atoms with Crippen LogP contribution in [0.2, 0.25) is 0 Å². The van der Waals surface area contributed by atoms with E-state index >= 15 is 0 Å². The SMILES string of the molecule is CNc1ccc(C(=O)N2CC(C)OC(CO)C2)cc1. The highest BCUT2D eigenvalue weighted by atomic mass is 16.5. The van der Waals surface area contributed by atoms with Gasteiger partial charge in [-0.1, -0.05) is 0 Å². The molecule has 104 valence electrons. The van der Waals surface area contributed by atoms with E-state index in [1.165, 1.54) is 0 Å². The normalized spacial score (nSPS) is 23.2. The first-order chi connectivity index (χ1) is 9.13. The summed E-state index contributed by atoms with van der Waals surface area (Å²) in [7, 11) is 1.84. The van der Waals surface area contributed by atoms with Gasteiger partial charge in [0.25, 0.3) is 5.91 Å². The highest BCUT2D eigenvalue weighted by Crippen LogP contribution is 2.16. The monoisotopic (exact) mass is 264 g/mol. The van der Waals surface area contributed by atoms with Crippen molar-refractivity contribution >= 4 is 11.6 Å². The summed E-state index contributed by atoms with van der Waals surface area (Å²) in [6.45, 7) is 2.84. The molecule has 5 heteroatoms. The first kappa shape index (κ1) is 13.8. The lowest BCUT2D eigenvalue weighted by atomic mass is 10.1. The Balaban J connectivity index is 2.09. The lowest BCUT2D eigenvalue weighted by molar-refractivity contribution is -0.0858. The molecular formula is C14H20N2O3. The average molecular weight is 264 g/mol. The van der Waals surface area contributed by atoms with Gasteiger partial charge in [0, 0.05) is 31.4 Å². The number of nitrogens with zero attached hydrogens (tertiary/aromatic N) is 1. The molecule has 2 unspecified atom stereocenters. The third-order valence-electron chi connectivity index (χ3n) is 3.24. The Hall–Kier alpha value is -1.59. The van der Waals surface area contributed by atoms with Crippen LogP contribution in [-0.2, 0) is 4.74 Å². The van der Waals surface area contributed by atoms with Gasteiger partial charge in [-0.15, -0.1) is 0 Å². The summed E-state index contributed by atoms with van der Waals surface area (Å²) in [5.74, 6) is -0.0174. The smallest absolute Gasteiger partial charge is 0.254 e. The van der Waals surface area contributed by atoms with Crippen LogP contribution in [0.25, 0.3) is 0 Å². The maximum Gasteiger partial charge on any atom is 0.254 e. The van der Waals surface area contributed by atoms with Gasteiger partial charge in [-0.25, -0.2) is 0 Å². The van der Waals surface area contributed by atoms with E-state index < -0.39 is 0 Å². The Morgan fingerprint density at radius 3 is 2.68 bits per heavy atom. The average Bonchev–Trinajstić information content (AvgIpc) is 2.46. The number of morpholine rings is 1. The molecule has 0 aromatic heterocycles. The molecule has 1 fully saturated rings. The van der Waals surface area contributed by atoms with E-state index in [0.717, 1.165) is 5.69 Å². The molecule has 1 aromatic carbocycles. The van der Waals surface area contributed by atoms with E-state index in [2.05, 4.69) is 5.32 Å². The van der Waals surface area contributed by atoms with Gasteiger partial charge in [-0.05, 0) is 31.2 Å². The second-order valence-electron chi connectivity index (χ2n) is 4.79. The van der Waals surface area contributed by atoms with Crippen LogP contribution in [0.3, 0.4) is 0 Å². The van der Waals surface area contributed by atoms with Crippen molar-refractivity contribution in [2.24, 2.45) is 0 Å². The van der Waals surface area contributed by atoms with Gasteiger partial charge in [-0.2, -0.15) is 0 Å². The number of ether oxygens (including phenoxy) is 1. The summed E-state index contributed by atoms with van der Waals surface area (Å²) in [5, 5.41) is 12.2. The first-order valence-electron chi connectivity index (χ1n) is 6.47. The summed E-state index contributed by atoms with van der Waals surface area (Å²) in [4.78, 5) is 14.1. The zero-order chi connectivity index (χ0) is 13.8.